The van der Waals surface area contributed by atoms with E-state index >= 15 is 0 Å². The van der Waals surface area contributed by atoms with Crippen LogP contribution in [0, 0.1) is 10.1 Å². The summed E-state index contributed by atoms with van der Waals surface area (Å²) in [7, 11) is 1.65. The molecule has 0 aliphatic rings. The fraction of sp³-hybridized carbons (Fsp3) is 0.167. The van der Waals surface area contributed by atoms with E-state index in [1.807, 2.05) is 30.3 Å². The minimum absolute atomic E-state index is 0.0694. The van der Waals surface area contributed by atoms with Crippen LogP contribution in [0.5, 0.6) is 5.75 Å². The number of hydrogen-bond acceptors (Lipinski definition) is 5. The van der Waals surface area contributed by atoms with Crippen molar-refractivity contribution in [2.45, 2.75) is 13.5 Å². The van der Waals surface area contributed by atoms with E-state index in [0.29, 0.717) is 5.69 Å². The highest BCUT2D eigenvalue weighted by atomic mass is 32.1. The molecule has 128 valence electrons. The van der Waals surface area contributed by atoms with E-state index in [1.165, 1.54) is 12.1 Å². The van der Waals surface area contributed by atoms with Crippen LogP contribution in [0.1, 0.15) is 6.92 Å². The van der Waals surface area contributed by atoms with E-state index in [4.69, 9.17) is 4.74 Å². The fourth-order valence-electron chi connectivity index (χ4n) is 2.57. The highest BCUT2D eigenvalue weighted by Crippen LogP contribution is 2.28. The molecular formula is C18H18N3O3S+. The minimum Gasteiger partial charge on any atom is -0.497 e. The minimum atomic E-state index is -0.393. The lowest BCUT2D eigenvalue weighted by atomic mass is 10.1. The Morgan fingerprint density at radius 2 is 2.00 bits per heavy atom. The lowest BCUT2D eigenvalue weighted by Crippen LogP contribution is -2.35. The molecule has 7 heteroatoms. The van der Waals surface area contributed by atoms with Crippen LogP contribution in [0.3, 0.4) is 0 Å². The predicted molar refractivity (Wildman–Crippen MR) is 98.6 cm³/mol. The Hall–Kier alpha value is -2.93. The zero-order chi connectivity index (χ0) is 17.8. The molecule has 0 radical (unpaired) electrons. The summed E-state index contributed by atoms with van der Waals surface area (Å²) in [5.41, 5.74) is 2.94. The molecule has 2 aromatic carbocycles. The fourth-order valence-corrected chi connectivity index (χ4v) is 3.58. The van der Waals surface area contributed by atoms with Gasteiger partial charge in [0.15, 0.2) is 0 Å². The molecule has 0 saturated carbocycles. The predicted octanol–water partition coefficient (Wildman–Crippen LogP) is 4.38. The molecule has 0 fully saturated rings. The monoisotopic (exact) mass is 356 g/mol. The van der Waals surface area contributed by atoms with E-state index in [9.17, 15) is 10.1 Å². The van der Waals surface area contributed by atoms with Crippen molar-refractivity contribution in [3.63, 3.8) is 0 Å². The maximum atomic E-state index is 10.9. The van der Waals surface area contributed by atoms with Crippen LogP contribution in [0.15, 0.2) is 53.9 Å². The number of methoxy groups -OCH3 is 1. The second-order valence-electron chi connectivity index (χ2n) is 5.33. The van der Waals surface area contributed by atoms with E-state index in [0.717, 1.165) is 28.7 Å². The van der Waals surface area contributed by atoms with Gasteiger partial charge in [-0.15, -0.1) is 0 Å². The molecule has 0 aliphatic carbocycles. The molecule has 0 spiro atoms. The van der Waals surface area contributed by atoms with E-state index in [1.54, 1.807) is 24.5 Å². The molecule has 6 nitrogen and oxygen atoms in total. The number of nitro groups is 1. The Kier molecular flexibility index (Phi) is 4.95. The second kappa shape index (κ2) is 7.31. The Bertz CT molecular complexity index is 891. The number of nitrogens with one attached hydrogen (secondary N) is 1. The number of anilines is 2. The Labute approximate surface area is 149 Å². The molecule has 25 heavy (non-hydrogen) atoms. The molecule has 3 rings (SSSR count). The Morgan fingerprint density at radius 3 is 2.64 bits per heavy atom. The van der Waals surface area contributed by atoms with Gasteiger partial charge in [0.1, 0.15) is 17.1 Å². The number of nitrogens with zero attached hydrogens (tertiary/aromatic N) is 2. The van der Waals surface area contributed by atoms with Crippen LogP contribution >= 0.6 is 11.3 Å². The SMILES string of the molecule is CC[n+]1c(-c2ccc(OC)cc2)csc1Nc1cccc([N+](=O)[O-])c1. The van der Waals surface area contributed by atoms with Gasteiger partial charge >= 0.3 is 5.13 Å². The van der Waals surface area contributed by atoms with E-state index < -0.39 is 4.92 Å². The second-order valence-corrected chi connectivity index (χ2v) is 6.19. The molecule has 1 N–H and O–H groups in total. The van der Waals surface area contributed by atoms with Gasteiger partial charge in [0, 0.05) is 17.0 Å². The van der Waals surface area contributed by atoms with Crippen LogP contribution < -0.4 is 14.6 Å². The van der Waals surface area contributed by atoms with Crippen LogP contribution in [0.2, 0.25) is 0 Å². The number of hydrogen-bond donors (Lipinski definition) is 1. The van der Waals surface area contributed by atoms with Gasteiger partial charge < -0.3 is 4.74 Å². The summed E-state index contributed by atoms with van der Waals surface area (Å²) in [6, 6.07) is 14.4. The first-order valence-electron chi connectivity index (χ1n) is 7.79. The highest BCUT2D eigenvalue weighted by molar-refractivity contribution is 7.13. The largest absolute Gasteiger partial charge is 0.497 e. The summed E-state index contributed by atoms with van der Waals surface area (Å²) in [6.07, 6.45) is 0. The molecular weight excluding hydrogens is 338 g/mol. The lowest BCUT2D eigenvalue weighted by molar-refractivity contribution is -0.664. The average Bonchev–Trinajstić information content (AvgIpc) is 3.04. The summed E-state index contributed by atoms with van der Waals surface area (Å²) in [4.78, 5) is 10.5. The smallest absolute Gasteiger partial charge is 0.339 e. The third-order valence-electron chi connectivity index (χ3n) is 3.83. The van der Waals surface area contributed by atoms with E-state index in [-0.39, 0.29) is 5.69 Å². The normalized spacial score (nSPS) is 10.5. The molecule has 0 amide bonds. The zero-order valence-corrected chi connectivity index (χ0v) is 14.7. The summed E-state index contributed by atoms with van der Waals surface area (Å²) < 4.78 is 7.35. The van der Waals surface area contributed by atoms with Crippen molar-refractivity contribution < 1.29 is 14.2 Å². The van der Waals surface area contributed by atoms with Crippen molar-refractivity contribution in [2.24, 2.45) is 0 Å². The standard InChI is InChI=1S/C18H17N3O3S/c1-3-20-17(13-7-9-16(24-2)10-8-13)12-25-18(20)19-14-5-4-6-15(11-14)21(22)23/h4-12H,3H2,1-2H3/p+1. The van der Waals surface area contributed by atoms with Crippen molar-refractivity contribution in [1.29, 1.82) is 0 Å². The number of rotatable bonds is 6. The van der Waals surface area contributed by atoms with Gasteiger partial charge in [0.25, 0.3) is 5.69 Å². The zero-order valence-electron chi connectivity index (χ0n) is 13.9. The first-order chi connectivity index (χ1) is 12.1. The first-order valence-corrected chi connectivity index (χ1v) is 8.67. The van der Waals surface area contributed by atoms with Crippen LogP contribution in [0.4, 0.5) is 16.5 Å². The van der Waals surface area contributed by atoms with Crippen molar-refractivity contribution in [3.05, 3.63) is 64.0 Å². The van der Waals surface area contributed by atoms with Crippen LogP contribution in [-0.4, -0.2) is 12.0 Å². The lowest BCUT2D eigenvalue weighted by Gasteiger charge is -2.05. The molecule has 0 atom stereocenters. The molecule has 0 unspecified atom stereocenters. The number of thiazole rings is 1. The summed E-state index contributed by atoms with van der Waals surface area (Å²) >= 11 is 1.57. The van der Waals surface area contributed by atoms with Crippen molar-refractivity contribution >= 4 is 27.8 Å². The topological polar surface area (TPSA) is 68.3 Å². The number of benzene rings is 2. The number of aromatic nitrogens is 1. The average molecular weight is 356 g/mol. The molecule has 0 bridgehead atoms. The summed E-state index contributed by atoms with van der Waals surface area (Å²) in [5.74, 6) is 0.817. The number of ether oxygens (including phenoxy) is 1. The summed E-state index contributed by atoms with van der Waals surface area (Å²) in [5, 5.41) is 17.2. The van der Waals surface area contributed by atoms with Crippen LogP contribution in [0.25, 0.3) is 11.3 Å². The maximum Gasteiger partial charge on any atom is 0.339 e. The van der Waals surface area contributed by atoms with Gasteiger partial charge in [-0.05, 0) is 37.3 Å². The third-order valence-corrected chi connectivity index (χ3v) is 4.72. The maximum absolute atomic E-state index is 10.9. The van der Waals surface area contributed by atoms with Gasteiger partial charge in [-0.3, -0.25) is 10.1 Å². The summed E-state index contributed by atoms with van der Waals surface area (Å²) in [6.45, 7) is 2.85. The van der Waals surface area contributed by atoms with Gasteiger partial charge in [0.05, 0.1) is 24.6 Å². The molecule has 3 aromatic rings. The van der Waals surface area contributed by atoms with Gasteiger partial charge in [-0.1, -0.05) is 17.4 Å². The third kappa shape index (κ3) is 3.61. The molecule has 1 heterocycles. The quantitative estimate of drug-likeness (QED) is 0.404. The Morgan fingerprint density at radius 1 is 1.24 bits per heavy atom. The van der Waals surface area contributed by atoms with Gasteiger partial charge in [-0.25, -0.2) is 9.88 Å². The van der Waals surface area contributed by atoms with Gasteiger partial charge in [-0.2, -0.15) is 0 Å². The van der Waals surface area contributed by atoms with Crippen molar-refractivity contribution in [2.75, 3.05) is 12.4 Å². The highest BCUT2D eigenvalue weighted by Gasteiger charge is 2.19. The molecule has 1 aromatic heterocycles. The van der Waals surface area contributed by atoms with Gasteiger partial charge in [0.2, 0.25) is 0 Å². The van der Waals surface area contributed by atoms with E-state index in [2.05, 4.69) is 22.2 Å². The van der Waals surface area contributed by atoms with Crippen molar-refractivity contribution in [1.82, 2.24) is 0 Å². The Balaban J connectivity index is 1.91. The molecule has 0 saturated heterocycles. The first kappa shape index (κ1) is 16.9. The number of non-ortho nitro benzene ring substituents is 1. The number of nitro benzene ring substituents is 1. The van der Waals surface area contributed by atoms with Crippen molar-refractivity contribution in [3.8, 4) is 17.0 Å². The molecule has 0 aliphatic heterocycles. The van der Waals surface area contributed by atoms with Crippen LogP contribution in [-0.2, 0) is 6.54 Å².